The van der Waals surface area contributed by atoms with Crippen molar-refractivity contribution in [3.8, 4) is 17.3 Å². The number of para-hydroxylation sites is 2. The summed E-state index contributed by atoms with van der Waals surface area (Å²) in [6.07, 6.45) is 1.39. The van der Waals surface area contributed by atoms with Crippen molar-refractivity contribution in [1.82, 2.24) is 19.5 Å². The molecule has 0 saturated carbocycles. The maximum Gasteiger partial charge on any atom is 0.214 e. The highest BCUT2D eigenvalue weighted by molar-refractivity contribution is 6.41. The number of hydrogen-bond acceptors (Lipinski definition) is 7. The highest BCUT2D eigenvalue weighted by Crippen LogP contribution is 2.45. The van der Waals surface area contributed by atoms with Gasteiger partial charge in [0, 0.05) is 12.1 Å². The van der Waals surface area contributed by atoms with Crippen molar-refractivity contribution in [3.05, 3.63) is 52.8 Å². The predicted molar refractivity (Wildman–Crippen MR) is 114 cm³/mol. The van der Waals surface area contributed by atoms with Crippen LogP contribution in [0.1, 0.15) is 0 Å². The molecule has 2 heterocycles. The number of fused-ring (bicyclic) bond motifs is 1. The molecule has 0 spiro atoms. The Morgan fingerprint density at radius 3 is 2.34 bits per heavy atom. The van der Waals surface area contributed by atoms with Crippen molar-refractivity contribution < 1.29 is 9.47 Å². The minimum Gasteiger partial charge on any atom is -0.495 e. The van der Waals surface area contributed by atoms with Gasteiger partial charge in [0.2, 0.25) is 5.95 Å². The second-order valence-electron chi connectivity index (χ2n) is 5.97. The fraction of sp³-hybridized carbons (Fsp3) is 0.105. The number of hydrogen-bond donors (Lipinski definition) is 2. The number of nitrogens with one attached hydrogen (secondary N) is 1. The molecule has 0 fully saturated rings. The maximum atomic E-state index is 6.51. The summed E-state index contributed by atoms with van der Waals surface area (Å²) < 4.78 is 12.5. The Labute approximate surface area is 176 Å². The van der Waals surface area contributed by atoms with Crippen molar-refractivity contribution in [2.45, 2.75) is 0 Å². The molecule has 4 aromatic rings. The van der Waals surface area contributed by atoms with Gasteiger partial charge in [-0.1, -0.05) is 35.3 Å². The lowest BCUT2D eigenvalue weighted by molar-refractivity contribution is 0.395. The van der Waals surface area contributed by atoms with Gasteiger partial charge in [-0.2, -0.15) is 0 Å². The summed E-state index contributed by atoms with van der Waals surface area (Å²) >= 11 is 13.0. The number of aromatic nitrogens is 4. The molecular formula is C19H16Cl2N6O2. The first-order chi connectivity index (χ1) is 14.0. The molecule has 10 heteroatoms. The second kappa shape index (κ2) is 7.65. The minimum absolute atomic E-state index is 0.291. The molecule has 0 unspecified atom stereocenters. The van der Waals surface area contributed by atoms with E-state index in [4.69, 9.17) is 38.4 Å². The predicted octanol–water partition coefficient (Wildman–Crippen LogP) is 4.47. The summed E-state index contributed by atoms with van der Waals surface area (Å²) in [5.41, 5.74) is 7.81. The average molecular weight is 431 g/mol. The lowest BCUT2D eigenvalue weighted by Crippen LogP contribution is -2.06. The summed E-state index contributed by atoms with van der Waals surface area (Å²) in [4.78, 5) is 12.9. The van der Waals surface area contributed by atoms with Crippen molar-refractivity contribution in [2.24, 2.45) is 0 Å². The van der Waals surface area contributed by atoms with E-state index in [0.29, 0.717) is 44.8 Å². The van der Waals surface area contributed by atoms with Crippen molar-refractivity contribution in [1.29, 1.82) is 0 Å². The van der Waals surface area contributed by atoms with Crippen molar-refractivity contribution in [3.63, 3.8) is 0 Å². The van der Waals surface area contributed by atoms with Crippen LogP contribution in [0.2, 0.25) is 10.0 Å². The van der Waals surface area contributed by atoms with E-state index in [0.717, 1.165) is 11.0 Å². The van der Waals surface area contributed by atoms with Crippen LogP contribution < -0.4 is 20.5 Å². The molecule has 4 rings (SSSR count). The van der Waals surface area contributed by atoms with Gasteiger partial charge in [-0.15, -0.1) is 0 Å². The van der Waals surface area contributed by atoms with E-state index in [1.54, 1.807) is 16.7 Å². The molecule has 2 aromatic heterocycles. The molecule has 0 amide bonds. The number of nitrogens with two attached hydrogens (primary N) is 1. The summed E-state index contributed by atoms with van der Waals surface area (Å²) in [6.45, 7) is 0. The average Bonchev–Trinajstić information content (AvgIpc) is 3.09. The standard InChI is InChI=1S/C19H16Cl2N6O2/c1-28-12-7-13(29-2)17(21)18(16(12)20)26-19-25-10-5-3-4-6-11(10)27(19)15-8-14(22)23-9-24-15/h3-9H,1-2H3,(H,25,26)(H2,22,23,24). The molecule has 8 nitrogen and oxygen atoms in total. The molecule has 0 radical (unpaired) electrons. The highest BCUT2D eigenvalue weighted by Gasteiger charge is 2.21. The lowest BCUT2D eigenvalue weighted by Gasteiger charge is -2.16. The number of rotatable bonds is 5. The first kappa shape index (κ1) is 19.1. The zero-order valence-electron chi connectivity index (χ0n) is 15.5. The van der Waals surface area contributed by atoms with Crippen LogP contribution >= 0.6 is 23.2 Å². The molecular weight excluding hydrogens is 415 g/mol. The zero-order chi connectivity index (χ0) is 20.5. The Bertz CT molecular complexity index is 1180. The van der Waals surface area contributed by atoms with E-state index in [2.05, 4.69) is 20.3 Å². The van der Waals surface area contributed by atoms with E-state index < -0.39 is 0 Å². The maximum absolute atomic E-state index is 6.51. The molecule has 0 bridgehead atoms. The Hall–Kier alpha value is -3.23. The van der Waals surface area contributed by atoms with E-state index in [9.17, 15) is 0 Å². The molecule has 148 valence electrons. The van der Waals surface area contributed by atoms with Crippen LogP contribution in [-0.4, -0.2) is 33.7 Å². The topological polar surface area (TPSA) is 100 Å². The molecule has 3 N–H and O–H groups in total. The number of nitrogen functional groups attached to an aromatic ring is 1. The minimum atomic E-state index is 0.291. The number of ether oxygens (including phenoxy) is 2. The van der Waals surface area contributed by atoms with Gasteiger partial charge in [0.15, 0.2) is 0 Å². The second-order valence-corrected chi connectivity index (χ2v) is 6.73. The smallest absolute Gasteiger partial charge is 0.214 e. The number of imidazole rings is 1. The SMILES string of the molecule is COc1cc(OC)c(Cl)c(Nc2nc3ccccc3n2-c2cc(N)ncn2)c1Cl. The van der Waals surface area contributed by atoms with Crippen molar-refractivity contribution >= 4 is 51.7 Å². The molecule has 0 saturated heterocycles. The number of halogens is 2. The van der Waals surface area contributed by atoms with Crippen LogP contribution in [0.4, 0.5) is 17.5 Å². The van der Waals surface area contributed by atoms with Gasteiger partial charge in [0.05, 0.1) is 30.9 Å². The van der Waals surface area contributed by atoms with E-state index in [1.165, 1.54) is 20.5 Å². The van der Waals surface area contributed by atoms with Crippen LogP contribution in [0.3, 0.4) is 0 Å². The Kier molecular flexibility index (Phi) is 5.04. The lowest BCUT2D eigenvalue weighted by atomic mass is 10.2. The third-order valence-electron chi connectivity index (χ3n) is 4.27. The van der Waals surface area contributed by atoms with Crippen LogP contribution in [-0.2, 0) is 0 Å². The third kappa shape index (κ3) is 3.37. The monoisotopic (exact) mass is 430 g/mol. The summed E-state index contributed by atoms with van der Waals surface area (Å²) in [5.74, 6) is 2.12. The molecule has 2 aromatic carbocycles. The molecule has 29 heavy (non-hydrogen) atoms. The number of methoxy groups -OCH3 is 2. The van der Waals surface area contributed by atoms with Crippen molar-refractivity contribution in [2.75, 3.05) is 25.3 Å². The van der Waals surface area contributed by atoms with Gasteiger partial charge in [-0.3, -0.25) is 4.57 Å². The van der Waals surface area contributed by atoms with Gasteiger partial charge < -0.3 is 20.5 Å². The number of benzene rings is 2. The third-order valence-corrected chi connectivity index (χ3v) is 5.02. The highest BCUT2D eigenvalue weighted by atomic mass is 35.5. The largest absolute Gasteiger partial charge is 0.495 e. The Morgan fingerprint density at radius 2 is 1.69 bits per heavy atom. The first-order valence-corrected chi connectivity index (χ1v) is 9.21. The van der Waals surface area contributed by atoms with Crippen LogP contribution in [0.25, 0.3) is 16.9 Å². The van der Waals surface area contributed by atoms with E-state index >= 15 is 0 Å². The summed E-state index contributed by atoms with van der Waals surface area (Å²) in [5, 5.41) is 3.77. The van der Waals surface area contributed by atoms with Gasteiger partial charge in [-0.05, 0) is 12.1 Å². The molecule has 0 aliphatic heterocycles. The normalized spacial score (nSPS) is 10.9. The fourth-order valence-corrected chi connectivity index (χ4v) is 3.53. The Balaban J connectivity index is 1.94. The molecule has 0 aliphatic rings. The number of nitrogens with zero attached hydrogens (tertiary/aromatic N) is 4. The Morgan fingerprint density at radius 1 is 1.00 bits per heavy atom. The van der Waals surface area contributed by atoms with Crippen LogP contribution in [0.15, 0.2) is 42.7 Å². The molecule has 0 aliphatic carbocycles. The first-order valence-electron chi connectivity index (χ1n) is 8.46. The van der Waals surface area contributed by atoms with Gasteiger partial charge >= 0.3 is 0 Å². The molecule has 0 atom stereocenters. The van der Waals surface area contributed by atoms with E-state index in [1.807, 2.05) is 24.3 Å². The van der Waals surface area contributed by atoms with Gasteiger partial charge in [-0.25, -0.2) is 15.0 Å². The van der Waals surface area contributed by atoms with Crippen LogP contribution in [0.5, 0.6) is 11.5 Å². The zero-order valence-corrected chi connectivity index (χ0v) is 17.0. The summed E-state index contributed by atoms with van der Waals surface area (Å²) in [7, 11) is 3.02. The summed E-state index contributed by atoms with van der Waals surface area (Å²) in [6, 6.07) is 10.9. The number of anilines is 3. The quantitative estimate of drug-likeness (QED) is 0.481. The van der Waals surface area contributed by atoms with E-state index in [-0.39, 0.29) is 0 Å². The fourth-order valence-electron chi connectivity index (χ4n) is 2.93. The van der Waals surface area contributed by atoms with Gasteiger partial charge in [0.1, 0.15) is 39.5 Å². The van der Waals surface area contributed by atoms with Crippen LogP contribution in [0, 0.1) is 0 Å². The van der Waals surface area contributed by atoms with Gasteiger partial charge in [0.25, 0.3) is 0 Å².